The summed E-state index contributed by atoms with van der Waals surface area (Å²) < 4.78 is 1.80. The molecule has 22 heavy (non-hydrogen) atoms. The number of β-amino-alcohol motifs (C(OH)–C–C–N with tert-alkyl or cyclic N) is 1. The van der Waals surface area contributed by atoms with Gasteiger partial charge >= 0.3 is 0 Å². The predicted octanol–water partition coefficient (Wildman–Crippen LogP) is -0.873. The maximum absolute atomic E-state index is 12.5. The minimum absolute atomic E-state index is 0.165. The fourth-order valence-electron chi connectivity index (χ4n) is 3.16. The maximum Gasteiger partial charge on any atom is 0.276 e. The Morgan fingerprint density at radius 1 is 1.36 bits per heavy atom. The lowest BCUT2D eigenvalue weighted by Crippen LogP contribution is -2.37. The molecule has 3 rings (SSSR count). The number of hydrogen-bond donors (Lipinski definition) is 3. The number of carbonyl (C=O) groups is 1. The Balaban J connectivity index is 1.66. The van der Waals surface area contributed by atoms with Gasteiger partial charge in [0.15, 0.2) is 5.69 Å². The number of carbonyl (C=O) groups excluding carboxylic acids is 1. The molecule has 0 spiro atoms. The normalized spacial score (nSPS) is 30.1. The highest BCUT2D eigenvalue weighted by Gasteiger charge is 2.26. The van der Waals surface area contributed by atoms with E-state index in [1.807, 2.05) is 0 Å². The zero-order valence-corrected chi connectivity index (χ0v) is 12.7. The second-order valence-electron chi connectivity index (χ2n) is 6.26. The van der Waals surface area contributed by atoms with E-state index in [2.05, 4.69) is 15.6 Å². The zero-order chi connectivity index (χ0) is 15.5. The van der Waals surface area contributed by atoms with Crippen molar-refractivity contribution in [3.63, 3.8) is 0 Å². The summed E-state index contributed by atoms with van der Waals surface area (Å²) in [6, 6.07) is 0.567. The topological polar surface area (TPSA) is 109 Å². The molecule has 2 heterocycles. The van der Waals surface area contributed by atoms with Crippen LogP contribution in [0, 0.1) is 0 Å². The molecule has 1 aliphatic carbocycles. The van der Waals surface area contributed by atoms with Crippen molar-refractivity contribution in [3.05, 3.63) is 11.9 Å². The molecule has 0 bridgehead atoms. The average Bonchev–Trinajstić information content (AvgIpc) is 2.90. The number of nitrogens with two attached hydrogens (primary N) is 1. The lowest BCUT2D eigenvalue weighted by molar-refractivity contribution is 0.0667. The van der Waals surface area contributed by atoms with Crippen LogP contribution in [0.25, 0.3) is 0 Å². The Hall–Kier alpha value is -1.51. The first-order valence-electron chi connectivity index (χ1n) is 7.99. The van der Waals surface area contributed by atoms with Gasteiger partial charge in [0.1, 0.15) is 0 Å². The zero-order valence-electron chi connectivity index (χ0n) is 12.7. The molecule has 4 N–H and O–H groups in total. The van der Waals surface area contributed by atoms with Crippen LogP contribution in [0.2, 0.25) is 0 Å². The SMILES string of the molecule is NC1CCC(n2cc(C(=O)N3CCNC[C@@H](O)C3)nn2)CC1. The molecule has 8 nitrogen and oxygen atoms in total. The number of aromatic nitrogens is 3. The molecule has 1 amide bonds. The Labute approximate surface area is 129 Å². The van der Waals surface area contributed by atoms with E-state index in [-0.39, 0.29) is 18.0 Å². The third-order valence-corrected chi connectivity index (χ3v) is 4.50. The summed E-state index contributed by atoms with van der Waals surface area (Å²) in [5.41, 5.74) is 6.27. The van der Waals surface area contributed by atoms with Gasteiger partial charge < -0.3 is 21.1 Å². The lowest BCUT2D eigenvalue weighted by atomic mass is 9.92. The van der Waals surface area contributed by atoms with E-state index in [9.17, 15) is 9.90 Å². The minimum atomic E-state index is -0.540. The Morgan fingerprint density at radius 2 is 2.14 bits per heavy atom. The molecule has 0 aromatic carbocycles. The minimum Gasteiger partial charge on any atom is -0.390 e. The monoisotopic (exact) mass is 308 g/mol. The number of hydrogen-bond acceptors (Lipinski definition) is 6. The Morgan fingerprint density at radius 3 is 2.91 bits per heavy atom. The fraction of sp³-hybridized carbons (Fsp3) is 0.786. The van der Waals surface area contributed by atoms with E-state index < -0.39 is 6.10 Å². The van der Waals surface area contributed by atoms with Gasteiger partial charge in [-0.2, -0.15) is 0 Å². The summed E-state index contributed by atoms with van der Waals surface area (Å²) in [7, 11) is 0. The third-order valence-electron chi connectivity index (χ3n) is 4.50. The smallest absolute Gasteiger partial charge is 0.276 e. The van der Waals surface area contributed by atoms with Gasteiger partial charge in [0.05, 0.1) is 18.3 Å². The quantitative estimate of drug-likeness (QED) is 0.655. The molecule has 122 valence electrons. The van der Waals surface area contributed by atoms with E-state index in [1.165, 1.54) is 0 Å². The van der Waals surface area contributed by atoms with E-state index >= 15 is 0 Å². The van der Waals surface area contributed by atoms with Crippen LogP contribution < -0.4 is 11.1 Å². The van der Waals surface area contributed by atoms with Crippen molar-refractivity contribution in [3.8, 4) is 0 Å². The van der Waals surface area contributed by atoms with Crippen LogP contribution in [0.1, 0.15) is 42.2 Å². The molecule has 0 unspecified atom stereocenters. The molecule has 1 aromatic heterocycles. The van der Waals surface area contributed by atoms with Crippen molar-refractivity contribution in [1.82, 2.24) is 25.2 Å². The van der Waals surface area contributed by atoms with Crippen LogP contribution in [-0.2, 0) is 0 Å². The van der Waals surface area contributed by atoms with Crippen molar-refractivity contribution < 1.29 is 9.90 Å². The number of rotatable bonds is 2. The standard InChI is InChI=1S/C14H24N6O2/c15-10-1-3-11(4-2-10)20-9-13(17-18-20)14(22)19-6-5-16-7-12(21)8-19/h9-12,16,21H,1-8,15H2/t10?,11?,12-/m1/s1. The molecule has 1 saturated carbocycles. The van der Waals surface area contributed by atoms with Crippen molar-refractivity contribution in [1.29, 1.82) is 0 Å². The summed E-state index contributed by atoms with van der Waals surface area (Å²) in [6.07, 6.45) is 5.11. The number of nitrogens with zero attached hydrogens (tertiary/aromatic N) is 4. The fourth-order valence-corrected chi connectivity index (χ4v) is 3.16. The average molecular weight is 308 g/mol. The van der Waals surface area contributed by atoms with Crippen LogP contribution >= 0.6 is 0 Å². The summed E-state index contributed by atoms with van der Waals surface area (Å²) in [5, 5.41) is 21.0. The molecular formula is C14H24N6O2. The highest BCUT2D eigenvalue weighted by molar-refractivity contribution is 5.92. The molecule has 1 saturated heterocycles. The van der Waals surface area contributed by atoms with E-state index in [0.29, 0.717) is 31.9 Å². The summed E-state index contributed by atoms with van der Waals surface area (Å²) in [4.78, 5) is 14.1. The summed E-state index contributed by atoms with van der Waals surface area (Å²) in [6.45, 7) is 2.09. The first kappa shape index (κ1) is 15.4. The van der Waals surface area contributed by atoms with Crippen LogP contribution in [0.3, 0.4) is 0 Å². The molecule has 8 heteroatoms. The van der Waals surface area contributed by atoms with Gasteiger partial charge in [-0.1, -0.05) is 5.21 Å². The molecule has 1 aromatic rings. The van der Waals surface area contributed by atoms with E-state index in [4.69, 9.17) is 5.73 Å². The predicted molar refractivity (Wildman–Crippen MR) is 80.3 cm³/mol. The molecule has 0 radical (unpaired) electrons. The molecule has 2 aliphatic rings. The van der Waals surface area contributed by atoms with Crippen LogP contribution in [0.15, 0.2) is 6.20 Å². The van der Waals surface area contributed by atoms with E-state index in [0.717, 1.165) is 25.7 Å². The van der Waals surface area contributed by atoms with Gasteiger partial charge in [-0.3, -0.25) is 4.79 Å². The molecular weight excluding hydrogens is 284 g/mol. The van der Waals surface area contributed by atoms with Crippen LogP contribution in [0.5, 0.6) is 0 Å². The van der Waals surface area contributed by atoms with Gasteiger partial charge in [-0.25, -0.2) is 4.68 Å². The van der Waals surface area contributed by atoms with Crippen molar-refractivity contribution in [2.75, 3.05) is 26.2 Å². The molecule has 2 fully saturated rings. The molecule has 1 aliphatic heterocycles. The highest BCUT2D eigenvalue weighted by Crippen LogP contribution is 2.26. The van der Waals surface area contributed by atoms with E-state index in [1.54, 1.807) is 15.8 Å². The van der Waals surface area contributed by atoms with Gasteiger partial charge in [-0.15, -0.1) is 5.10 Å². The number of amides is 1. The van der Waals surface area contributed by atoms with Gasteiger partial charge in [-0.05, 0) is 25.7 Å². The second-order valence-corrected chi connectivity index (χ2v) is 6.26. The number of aliphatic hydroxyl groups is 1. The van der Waals surface area contributed by atoms with Crippen molar-refractivity contribution in [2.24, 2.45) is 5.73 Å². The molecule has 1 atom stereocenters. The van der Waals surface area contributed by atoms with Crippen LogP contribution in [0.4, 0.5) is 0 Å². The summed E-state index contributed by atoms with van der Waals surface area (Å²) >= 11 is 0. The maximum atomic E-state index is 12.5. The Bertz CT molecular complexity index is 511. The lowest BCUT2D eigenvalue weighted by Gasteiger charge is -2.25. The van der Waals surface area contributed by atoms with Crippen molar-refractivity contribution >= 4 is 5.91 Å². The number of nitrogens with one attached hydrogen (secondary N) is 1. The third kappa shape index (κ3) is 3.45. The second kappa shape index (κ2) is 6.72. The van der Waals surface area contributed by atoms with Crippen molar-refractivity contribution in [2.45, 2.75) is 43.9 Å². The van der Waals surface area contributed by atoms with Crippen LogP contribution in [-0.4, -0.2) is 69.2 Å². The van der Waals surface area contributed by atoms with Gasteiger partial charge in [0.25, 0.3) is 5.91 Å². The number of aliphatic hydroxyl groups excluding tert-OH is 1. The highest BCUT2D eigenvalue weighted by atomic mass is 16.3. The van der Waals surface area contributed by atoms with Gasteiger partial charge in [0.2, 0.25) is 0 Å². The Kier molecular flexibility index (Phi) is 4.70. The van der Waals surface area contributed by atoms with Gasteiger partial charge in [0, 0.05) is 32.2 Å². The first-order valence-corrected chi connectivity index (χ1v) is 7.99. The summed E-state index contributed by atoms with van der Waals surface area (Å²) in [5.74, 6) is -0.165. The largest absolute Gasteiger partial charge is 0.390 e. The first-order chi connectivity index (χ1) is 10.6.